The maximum atomic E-state index is 12.0. The van der Waals surface area contributed by atoms with Crippen molar-refractivity contribution in [2.24, 2.45) is 17.1 Å². The second kappa shape index (κ2) is 7.02. The number of Topliss-reactive ketones (excluding diaryl/α,β-unsaturated/α-hetero) is 1. The molecule has 1 aliphatic rings. The lowest BCUT2D eigenvalue weighted by molar-refractivity contribution is -0.128. The zero-order valence-electron chi connectivity index (χ0n) is 13.3. The van der Waals surface area contributed by atoms with E-state index in [4.69, 9.17) is 10.5 Å². The van der Waals surface area contributed by atoms with Crippen molar-refractivity contribution in [1.82, 2.24) is 5.32 Å². The third-order valence-corrected chi connectivity index (χ3v) is 4.47. The van der Waals surface area contributed by atoms with E-state index in [1.54, 1.807) is 6.92 Å². The highest BCUT2D eigenvalue weighted by molar-refractivity contribution is 5.91. The number of nitrogens with two attached hydrogens (primary N) is 1. The molecule has 2 amide bonds. The number of ketones is 1. The summed E-state index contributed by atoms with van der Waals surface area (Å²) in [6, 6.07) is -0.542. The Kier molecular flexibility index (Phi) is 5.89. The van der Waals surface area contributed by atoms with Gasteiger partial charge in [-0.2, -0.15) is 0 Å². The van der Waals surface area contributed by atoms with Crippen LogP contribution in [0.5, 0.6) is 0 Å². The maximum absolute atomic E-state index is 12.0. The van der Waals surface area contributed by atoms with Crippen LogP contribution >= 0.6 is 0 Å². The second-order valence-electron chi connectivity index (χ2n) is 6.38. The lowest BCUT2D eigenvalue weighted by Crippen LogP contribution is -2.45. The Morgan fingerprint density at radius 3 is 2.62 bits per heavy atom. The summed E-state index contributed by atoms with van der Waals surface area (Å²) in [5.41, 5.74) is 4.96. The minimum atomic E-state index is -0.542. The molecule has 0 aliphatic carbocycles. The molecule has 0 saturated carbocycles. The zero-order valence-corrected chi connectivity index (χ0v) is 13.3. The van der Waals surface area contributed by atoms with Gasteiger partial charge in [0.1, 0.15) is 12.6 Å². The molecule has 0 bridgehead atoms. The predicted molar refractivity (Wildman–Crippen MR) is 78.3 cm³/mol. The quantitative estimate of drug-likeness (QED) is 0.725. The Morgan fingerprint density at radius 2 is 2.10 bits per heavy atom. The molecule has 1 saturated heterocycles. The van der Waals surface area contributed by atoms with Crippen LogP contribution < -0.4 is 11.1 Å². The highest BCUT2D eigenvalue weighted by atomic mass is 16.5. The molecule has 1 fully saturated rings. The van der Waals surface area contributed by atoms with Crippen LogP contribution in [-0.2, 0) is 19.1 Å². The van der Waals surface area contributed by atoms with E-state index in [1.807, 2.05) is 20.8 Å². The standard InChI is InChI=1S/C15H26N2O4/c1-5-11-13(10(18)8-21-11)17-12(19)6-7-15(3,4)9(2)14(16)20/h9,11,13H,5-8H2,1-4H3,(H2,16,20)(H,17,19)/t9?,11-,13?/m0/s1. The molecule has 0 radical (unpaired) electrons. The highest BCUT2D eigenvalue weighted by Gasteiger charge is 2.36. The number of hydrogen-bond donors (Lipinski definition) is 2. The van der Waals surface area contributed by atoms with E-state index in [0.29, 0.717) is 12.8 Å². The number of primary amides is 1. The summed E-state index contributed by atoms with van der Waals surface area (Å²) in [5, 5.41) is 2.74. The van der Waals surface area contributed by atoms with E-state index in [-0.39, 0.29) is 48.1 Å². The summed E-state index contributed by atoms with van der Waals surface area (Å²) in [6.07, 6.45) is 1.23. The van der Waals surface area contributed by atoms with Gasteiger partial charge in [-0.25, -0.2) is 0 Å². The molecule has 3 N–H and O–H groups in total. The topological polar surface area (TPSA) is 98.5 Å². The van der Waals surface area contributed by atoms with Crippen molar-refractivity contribution >= 4 is 17.6 Å². The van der Waals surface area contributed by atoms with Crippen LogP contribution in [0.2, 0.25) is 0 Å². The molecule has 0 aromatic heterocycles. The lowest BCUT2D eigenvalue weighted by Gasteiger charge is -2.29. The average Bonchev–Trinajstić information content (AvgIpc) is 2.76. The van der Waals surface area contributed by atoms with Crippen LogP contribution in [-0.4, -0.2) is 36.4 Å². The van der Waals surface area contributed by atoms with Crippen molar-refractivity contribution in [3.63, 3.8) is 0 Å². The maximum Gasteiger partial charge on any atom is 0.220 e. The van der Waals surface area contributed by atoms with Crippen LogP contribution in [0.1, 0.15) is 47.0 Å². The number of amides is 2. The summed E-state index contributed by atoms with van der Waals surface area (Å²) in [5.74, 6) is -0.960. The van der Waals surface area contributed by atoms with Gasteiger partial charge in [0.25, 0.3) is 0 Å². The average molecular weight is 298 g/mol. The van der Waals surface area contributed by atoms with Crippen molar-refractivity contribution in [3.8, 4) is 0 Å². The Hall–Kier alpha value is -1.43. The molecule has 0 spiro atoms. The number of nitrogens with one attached hydrogen (secondary N) is 1. The Balaban J connectivity index is 2.51. The number of hydrogen-bond acceptors (Lipinski definition) is 4. The van der Waals surface area contributed by atoms with Crippen LogP contribution in [0.15, 0.2) is 0 Å². The first-order valence-corrected chi connectivity index (χ1v) is 7.42. The fourth-order valence-corrected chi connectivity index (χ4v) is 2.39. The molecule has 2 unspecified atom stereocenters. The van der Waals surface area contributed by atoms with Gasteiger partial charge in [0.15, 0.2) is 5.78 Å². The first-order chi connectivity index (χ1) is 9.69. The third-order valence-electron chi connectivity index (χ3n) is 4.47. The van der Waals surface area contributed by atoms with Gasteiger partial charge < -0.3 is 15.8 Å². The van der Waals surface area contributed by atoms with Crippen molar-refractivity contribution in [2.45, 2.75) is 59.1 Å². The molecule has 6 nitrogen and oxygen atoms in total. The zero-order chi connectivity index (χ0) is 16.2. The number of carbonyl (C=O) groups is 3. The van der Waals surface area contributed by atoms with Crippen LogP contribution in [0.25, 0.3) is 0 Å². The van der Waals surface area contributed by atoms with E-state index in [0.717, 1.165) is 0 Å². The fourth-order valence-electron chi connectivity index (χ4n) is 2.39. The van der Waals surface area contributed by atoms with Gasteiger partial charge in [-0.05, 0) is 18.3 Å². The summed E-state index contributed by atoms with van der Waals surface area (Å²) in [6.45, 7) is 7.57. The summed E-state index contributed by atoms with van der Waals surface area (Å²) < 4.78 is 5.32. The van der Waals surface area contributed by atoms with E-state index in [1.165, 1.54) is 0 Å². The highest BCUT2D eigenvalue weighted by Crippen LogP contribution is 2.31. The number of carbonyl (C=O) groups excluding carboxylic acids is 3. The van der Waals surface area contributed by atoms with Gasteiger partial charge in [-0.1, -0.05) is 27.7 Å². The molecule has 0 aromatic rings. The van der Waals surface area contributed by atoms with E-state index in [2.05, 4.69) is 5.32 Å². The van der Waals surface area contributed by atoms with E-state index < -0.39 is 6.04 Å². The van der Waals surface area contributed by atoms with Crippen molar-refractivity contribution in [3.05, 3.63) is 0 Å². The molecule has 3 atom stereocenters. The van der Waals surface area contributed by atoms with Crippen molar-refractivity contribution < 1.29 is 19.1 Å². The summed E-state index contributed by atoms with van der Waals surface area (Å²) >= 11 is 0. The monoisotopic (exact) mass is 298 g/mol. The molecule has 1 aliphatic heterocycles. The van der Waals surface area contributed by atoms with Crippen molar-refractivity contribution in [1.29, 1.82) is 0 Å². The second-order valence-corrected chi connectivity index (χ2v) is 6.38. The van der Waals surface area contributed by atoms with E-state index >= 15 is 0 Å². The minimum absolute atomic E-state index is 0.0632. The predicted octanol–water partition coefficient (Wildman–Crippen LogP) is 0.777. The lowest BCUT2D eigenvalue weighted by atomic mass is 9.76. The van der Waals surface area contributed by atoms with E-state index in [9.17, 15) is 14.4 Å². The first kappa shape index (κ1) is 17.6. The SMILES string of the molecule is CC[C@@H]1OCC(=O)C1NC(=O)CCC(C)(C)C(C)C(N)=O. The Morgan fingerprint density at radius 1 is 1.48 bits per heavy atom. The molecule has 6 heteroatoms. The molecular weight excluding hydrogens is 272 g/mol. The van der Waals surface area contributed by atoms with Crippen LogP contribution in [0, 0.1) is 11.3 Å². The first-order valence-electron chi connectivity index (χ1n) is 7.42. The van der Waals surface area contributed by atoms with Gasteiger partial charge in [0.05, 0.1) is 6.10 Å². The summed E-state index contributed by atoms with van der Waals surface area (Å²) in [4.78, 5) is 34.9. The van der Waals surface area contributed by atoms with Crippen LogP contribution in [0.3, 0.4) is 0 Å². The van der Waals surface area contributed by atoms with Gasteiger partial charge in [-0.15, -0.1) is 0 Å². The smallest absolute Gasteiger partial charge is 0.220 e. The molecule has 21 heavy (non-hydrogen) atoms. The number of ether oxygens (including phenoxy) is 1. The molecule has 120 valence electrons. The minimum Gasteiger partial charge on any atom is -0.369 e. The third kappa shape index (κ3) is 4.52. The Bertz CT molecular complexity index is 420. The molecule has 1 rings (SSSR count). The molecular formula is C15H26N2O4. The van der Waals surface area contributed by atoms with Gasteiger partial charge in [-0.3, -0.25) is 14.4 Å². The van der Waals surface area contributed by atoms with Crippen LogP contribution in [0.4, 0.5) is 0 Å². The Labute approximate surface area is 125 Å². The largest absolute Gasteiger partial charge is 0.369 e. The molecule has 0 aromatic carbocycles. The van der Waals surface area contributed by atoms with Gasteiger partial charge >= 0.3 is 0 Å². The van der Waals surface area contributed by atoms with Gasteiger partial charge in [0.2, 0.25) is 11.8 Å². The fraction of sp³-hybridized carbons (Fsp3) is 0.800. The van der Waals surface area contributed by atoms with Gasteiger partial charge in [0, 0.05) is 12.3 Å². The molecule has 1 heterocycles. The summed E-state index contributed by atoms with van der Waals surface area (Å²) in [7, 11) is 0. The normalized spacial score (nSPS) is 23.9. The van der Waals surface area contributed by atoms with Crippen molar-refractivity contribution in [2.75, 3.05) is 6.61 Å². The number of rotatable bonds is 7.